The van der Waals surface area contributed by atoms with E-state index in [-0.39, 0.29) is 24.6 Å². The Morgan fingerprint density at radius 3 is 2.71 bits per heavy atom. The Labute approximate surface area is 182 Å². The van der Waals surface area contributed by atoms with Gasteiger partial charge >= 0.3 is 6.18 Å². The van der Waals surface area contributed by atoms with Gasteiger partial charge in [-0.2, -0.15) is 13.2 Å². The van der Waals surface area contributed by atoms with Gasteiger partial charge in [-0.1, -0.05) is 13.0 Å². The van der Waals surface area contributed by atoms with Gasteiger partial charge in [0.15, 0.2) is 5.79 Å². The number of rotatable bonds is 8. The number of aliphatic hydroxyl groups is 1. The van der Waals surface area contributed by atoms with Gasteiger partial charge in [-0.3, -0.25) is 4.90 Å². The normalized spacial score (nSPS) is 39.5. The van der Waals surface area contributed by atoms with E-state index in [9.17, 15) is 13.2 Å². The van der Waals surface area contributed by atoms with Crippen molar-refractivity contribution in [3.8, 4) is 0 Å². The molecule has 3 heterocycles. The van der Waals surface area contributed by atoms with Gasteiger partial charge in [0.1, 0.15) is 5.60 Å². The molecule has 4 rings (SSSR count). The maximum absolute atomic E-state index is 14.2. The van der Waals surface area contributed by atoms with Crippen LogP contribution in [-0.4, -0.2) is 60.1 Å². The molecule has 0 aromatic heterocycles. The number of ether oxygens (including phenoxy) is 3. The van der Waals surface area contributed by atoms with E-state index in [1.165, 1.54) is 0 Å². The minimum absolute atomic E-state index is 0.0677. The van der Waals surface area contributed by atoms with Crippen LogP contribution in [0.25, 0.3) is 0 Å². The van der Waals surface area contributed by atoms with Crippen LogP contribution in [0.4, 0.5) is 13.2 Å². The van der Waals surface area contributed by atoms with E-state index >= 15 is 0 Å². The maximum atomic E-state index is 14.2. The Morgan fingerprint density at radius 1 is 1.26 bits per heavy atom. The minimum Gasteiger partial charge on any atom is -0.456 e. The number of alkyl halides is 3. The standard InChI is InChI=1S/C23H34F3NO4/c1-4-11-27(12-5-6-13-28)14-16-18-8-7-15(2)17-9-10-21(3)30-20(22(17,18)31-21)29-19(16)23(24,25)26/h4,15,17-18,20,28H,1,5-14H2,2-3H3/t15?,17?,18?,20?,21-,22?/m0/s1. The van der Waals surface area contributed by atoms with Crippen LogP contribution < -0.4 is 0 Å². The van der Waals surface area contributed by atoms with Crippen molar-refractivity contribution in [1.29, 1.82) is 0 Å². The first-order valence-electron chi connectivity index (χ1n) is 11.4. The largest absolute Gasteiger partial charge is 0.456 e. The summed E-state index contributed by atoms with van der Waals surface area (Å²) in [4.78, 5) is 1.95. The second-order valence-corrected chi connectivity index (χ2v) is 9.72. The van der Waals surface area contributed by atoms with Crippen LogP contribution in [0.3, 0.4) is 0 Å². The van der Waals surface area contributed by atoms with Crippen molar-refractivity contribution in [2.24, 2.45) is 17.8 Å². The number of fused-ring (bicyclic) bond motifs is 1. The highest BCUT2D eigenvalue weighted by atomic mass is 19.4. The highest BCUT2D eigenvalue weighted by molar-refractivity contribution is 5.30. The van der Waals surface area contributed by atoms with Gasteiger partial charge in [0.25, 0.3) is 0 Å². The third-order valence-electron chi connectivity index (χ3n) is 7.61. The molecule has 2 bridgehead atoms. The summed E-state index contributed by atoms with van der Waals surface area (Å²) in [6.45, 7) is 9.02. The van der Waals surface area contributed by atoms with Gasteiger partial charge in [0.2, 0.25) is 12.0 Å². The van der Waals surface area contributed by atoms with Crippen LogP contribution in [0.5, 0.6) is 0 Å². The van der Waals surface area contributed by atoms with Gasteiger partial charge < -0.3 is 19.3 Å². The van der Waals surface area contributed by atoms with Gasteiger partial charge in [-0.25, -0.2) is 0 Å². The highest BCUT2D eigenvalue weighted by Crippen LogP contribution is 2.64. The molecule has 0 aromatic rings. The number of halogens is 3. The summed E-state index contributed by atoms with van der Waals surface area (Å²) in [6.07, 6.45) is 0.425. The van der Waals surface area contributed by atoms with Gasteiger partial charge in [0, 0.05) is 32.0 Å². The molecule has 2 saturated heterocycles. The monoisotopic (exact) mass is 445 g/mol. The van der Waals surface area contributed by atoms with Crippen LogP contribution in [-0.2, 0) is 14.2 Å². The molecule has 4 aliphatic rings. The number of allylic oxidation sites excluding steroid dienone is 1. The molecule has 5 nitrogen and oxygen atoms in total. The summed E-state index contributed by atoms with van der Waals surface area (Å²) >= 11 is 0. The van der Waals surface area contributed by atoms with E-state index in [0.717, 1.165) is 12.8 Å². The zero-order valence-electron chi connectivity index (χ0n) is 18.4. The third-order valence-corrected chi connectivity index (χ3v) is 7.61. The molecule has 3 fully saturated rings. The molecule has 1 aliphatic carbocycles. The first-order valence-corrected chi connectivity index (χ1v) is 11.4. The van der Waals surface area contributed by atoms with Crippen LogP contribution >= 0.6 is 0 Å². The smallest absolute Gasteiger partial charge is 0.449 e. The average molecular weight is 446 g/mol. The van der Waals surface area contributed by atoms with Crippen molar-refractivity contribution in [2.75, 3.05) is 26.2 Å². The lowest BCUT2D eigenvalue weighted by molar-refractivity contribution is -0.249. The second kappa shape index (κ2) is 8.36. The molecule has 8 heteroatoms. The molecular weight excluding hydrogens is 411 g/mol. The lowest BCUT2D eigenvalue weighted by Crippen LogP contribution is -2.63. The summed E-state index contributed by atoms with van der Waals surface area (Å²) in [5, 5.41) is 9.10. The quantitative estimate of drug-likeness (QED) is 0.444. The van der Waals surface area contributed by atoms with Crippen molar-refractivity contribution in [2.45, 2.75) is 76.2 Å². The van der Waals surface area contributed by atoms with Crippen LogP contribution in [0.1, 0.15) is 52.4 Å². The van der Waals surface area contributed by atoms with E-state index in [4.69, 9.17) is 19.3 Å². The molecule has 3 aliphatic heterocycles. The zero-order chi connectivity index (χ0) is 22.4. The molecule has 176 valence electrons. The molecule has 6 atom stereocenters. The minimum atomic E-state index is -4.60. The second-order valence-electron chi connectivity index (χ2n) is 9.72. The Hall–Kier alpha value is -1.09. The molecule has 0 radical (unpaired) electrons. The van der Waals surface area contributed by atoms with E-state index in [2.05, 4.69) is 13.5 Å². The van der Waals surface area contributed by atoms with Crippen molar-refractivity contribution < 1.29 is 32.5 Å². The topological polar surface area (TPSA) is 51.2 Å². The van der Waals surface area contributed by atoms with Crippen molar-refractivity contribution in [3.63, 3.8) is 0 Å². The predicted octanol–water partition coefficient (Wildman–Crippen LogP) is 4.38. The summed E-state index contributed by atoms with van der Waals surface area (Å²) in [7, 11) is 0. The first kappa shape index (κ1) is 23.1. The van der Waals surface area contributed by atoms with Crippen LogP contribution in [0, 0.1) is 17.8 Å². The van der Waals surface area contributed by atoms with Gasteiger partial charge in [-0.05, 0) is 63.0 Å². The Bertz CT molecular complexity index is 726. The van der Waals surface area contributed by atoms with E-state index in [1.807, 2.05) is 11.8 Å². The average Bonchev–Trinajstić information content (AvgIpc) is 2.91. The van der Waals surface area contributed by atoms with Crippen molar-refractivity contribution >= 4 is 0 Å². The fourth-order valence-electron chi connectivity index (χ4n) is 6.29. The summed E-state index contributed by atoms with van der Waals surface area (Å²) in [6, 6.07) is 0. The van der Waals surface area contributed by atoms with Crippen LogP contribution in [0.2, 0.25) is 0 Å². The number of aliphatic hydroxyl groups excluding tert-OH is 1. The third kappa shape index (κ3) is 3.94. The molecule has 1 saturated carbocycles. The predicted molar refractivity (Wildman–Crippen MR) is 109 cm³/mol. The van der Waals surface area contributed by atoms with Crippen LogP contribution in [0.15, 0.2) is 24.0 Å². The molecule has 31 heavy (non-hydrogen) atoms. The molecular formula is C23H34F3NO4. The lowest BCUT2D eigenvalue weighted by atomic mass is 9.58. The molecule has 0 amide bonds. The summed E-state index contributed by atoms with van der Waals surface area (Å²) < 4.78 is 60.7. The zero-order valence-corrected chi connectivity index (χ0v) is 18.4. The fourth-order valence-corrected chi connectivity index (χ4v) is 6.29. The molecule has 5 unspecified atom stereocenters. The number of hydrogen-bond donors (Lipinski definition) is 1. The highest BCUT2D eigenvalue weighted by Gasteiger charge is 2.72. The van der Waals surface area contributed by atoms with Gasteiger partial charge in [0.05, 0.1) is 0 Å². The molecule has 1 N–H and O–H groups in total. The van der Waals surface area contributed by atoms with Crippen molar-refractivity contribution in [3.05, 3.63) is 24.0 Å². The van der Waals surface area contributed by atoms with E-state index < -0.39 is 35.5 Å². The van der Waals surface area contributed by atoms with E-state index in [0.29, 0.717) is 44.7 Å². The molecule has 0 aromatic carbocycles. The Morgan fingerprint density at radius 2 is 2.03 bits per heavy atom. The lowest BCUT2D eigenvalue weighted by Gasteiger charge is -2.56. The first-order chi connectivity index (χ1) is 14.6. The Kier molecular flexibility index (Phi) is 6.22. The maximum Gasteiger partial charge on any atom is 0.449 e. The SMILES string of the molecule is C=CCN(CCCCO)CC1=C(C(F)(F)F)OC2O[C@]3(C)CCC4C(C)CCC1C24O3. The summed E-state index contributed by atoms with van der Waals surface area (Å²) in [5.74, 6) is -1.74. The number of unbranched alkanes of at least 4 members (excludes halogenated alkanes) is 1. The Balaban J connectivity index is 1.73. The van der Waals surface area contributed by atoms with Crippen molar-refractivity contribution in [1.82, 2.24) is 4.90 Å². The fraction of sp³-hybridized carbons (Fsp3) is 0.826. The number of hydrogen-bond acceptors (Lipinski definition) is 5. The summed E-state index contributed by atoms with van der Waals surface area (Å²) in [5.41, 5.74) is -0.582. The van der Waals surface area contributed by atoms with Gasteiger partial charge in [-0.15, -0.1) is 6.58 Å². The van der Waals surface area contributed by atoms with E-state index in [1.54, 1.807) is 6.08 Å². The molecule has 1 spiro atoms. The number of nitrogens with zero attached hydrogens (tertiary/aromatic N) is 1.